The van der Waals surface area contributed by atoms with Crippen LogP contribution in [-0.4, -0.2) is 42.3 Å². The molecule has 1 atom stereocenters. The molecular formula is C18H27BrN2O3. The first-order chi connectivity index (χ1) is 11.3. The van der Waals surface area contributed by atoms with E-state index in [-0.39, 0.29) is 12.1 Å². The number of carbonyl (C=O) groups excluding carboxylic acids is 1. The molecule has 134 valence electrons. The van der Waals surface area contributed by atoms with E-state index in [1.54, 1.807) is 0 Å². The van der Waals surface area contributed by atoms with Gasteiger partial charge in [0.15, 0.2) is 0 Å². The molecule has 1 aliphatic heterocycles. The van der Waals surface area contributed by atoms with Crippen molar-refractivity contribution >= 4 is 22.0 Å². The highest BCUT2D eigenvalue weighted by Crippen LogP contribution is 2.29. The molecule has 0 aliphatic carbocycles. The van der Waals surface area contributed by atoms with Gasteiger partial charge in [0.25, 0.3) is 0 Å². The lowest BCUT2D eigenvalue weighted by molar-refractivity contribution is 0.0505. The van der Waals surface area contributed by atoms with Crippen LogP contribution in [0, 0.1) is 0 Å². The number of carbonyl (C=O) groups is 1. The van der Waals surface area contributed by atoms with Crippen LogP contribution >= 0.6 is 15.9 Å². The maximum Gasteiger partial charge on any atom is 0.407 e. The lowest BCUT2D eigenvalue weighted by atomic mass is 10.2. The standard InChI is InChI=1S/C18H27BrN2O3/c1-5-23-16-8-6-7-15(19)14(16)12-21-10-9-13(11-21)20-17(22)24-18(2,3)4/h6-8,13H,5,9-12H2,1-4H3,(H,20,22). The fourth-order valence-electron chi connectivity index (χ4n) is 2.77. The zero-order valence-corrected chi connectivity index (χ0v) is 16.5. The van der Waals surface area contributed by atoms with E-state index in [9.17, 15) is 4.79 Å². The zero-order valence-electron chi connectivity index (χ0n) is 14.9. The summed E-state index contributed by atoms with van der Waals surface area (Å²) in [5.74, 6) is 0.912. The first kappa shape index (κ1) is 19.1. The summed E-state index contributed by atoms with van der Waals surface area (Å²) in [7, 11) is 0. The second-order valence-corrected chi connectivity index (χ2v) is 7.87. The monoisotopic (exact) mass is 398 g/mol. The largest absolute Gasteiger partial charge is 0.494 e. The van der Waals surface area contributed by atoms with E-state index in [2.05, 4.69) is 26.1 Å². The highest BCUT2D eigenvalue weighted by Gasteiger charge is 2.27. The smallest absolute Gasteiger partial charge is 0.407 e. The molecule has 1 aliphatic rings. The van der Waals surface area contributed by atoms with Crippen LogP contribution in [0.4, 0.5) is 4.79 Å². The molecule has 5 nitrogen and oxygen atoms in total. The van der Waals surface area contributed by atoms with Crippen LogP contribution < -0.4 is 10.1 Å². The van der Waals surface area contributed by atoms with Crippen molar-refractivity contribution < 1.29 is 14.3 Å². The van der Waals surface area contributed by atoms with Gasteiger partial charge in [-0.2, -0.15) is 0 Å². The summed E-state index contributed by atoms with van der Waals surface area (Å²) in [5.41, 5.74) is 0.682. The van der Waals surface area contributed by atoms with E-state index in [1.807, 2.05) is 45.9 Å². The number of nitrogens with zero attached hydrogens (tertiary/aromatic N) is 1. The van der Waals surface area contributed by atoms with E-state index >= 15 is 0 Å². The summed E-state index contributed by atoms with van der Waals surface area (Å²) in [6.45, 7) is 10.8. The Labute approximate surface area is 152 Å². The fraction of sp³-hybridized carbons (Fsp3) is 0.611. The number of amides is 1. The van der Waals surface area contributed by atoms with Crippen LogP contribution in [0.5, 0.6) is 5.75 Å². The number of likely N-dealkylation sites (tertiary alicyclic amines) is 1. The van der Waals surface area contributed by atoms with Crippen molar-refractivity contribution in [3.63, 3.8) is 0 Å². The molecule has 2 rings (SSSR count). The maximum absolute atomic E-state index is 11.9. The van der Waals surface area contributed by atoms with E-state index in [0.717, 1.165) is 41.8 Å². The Morgan fingerprint density at radius 2 is 2.17 bits per heavy atom. The average molecular weight is 399 g/mol. The van der Waals surface area contributed by atoms with Crippen molar-refractivity contribution in [1.82, 2.24) is 10.2 Å². The first-order valence-electron chi connectivity index (χ1n) is 8.40. The Morgan fingerprint density at radius 3 is 2.83 bits per heavy atom. The summed E-state index contributed by atoms with van der Waals surface area (Å²) >= 11 is 3.62. The normalized spacial score (nSPS) is 18.5. The van der Waals surface area contributed by atoms with Gasteiger partial charge in [0, 0.05) is 35.7 Å². The molecule has 0 radical (unpaired) electrons. The minimum atomic E-state index is -0.469. The van der Waals surface area contributed by atoms with E-state index in [0.29, 0.717) is 6.61 Å². The van der Waals surface area contributed by atoms with Gasteiger partial charge in [-0.3, -0.25) is 4.90 Å². The summed E-state index contributed by atoms with van der Waals surface area (Å²) in [6.07, 6.45) is 0.582. The number of alkyl carbamates (subject to hydrolysis) is 1. The molecule has 1 aromatic rings. The van der Waals surface area contributed by atoms with Crippen molar-refractivity contribution in [2.75, 3.05) is 19.7 Å². The Bertz CT molecular complexity index is 572. The molecule has 1 unspecified atom stereocenters. The Morgan fingerprint density at radius 1 is 1.42 bits per heavy atom. The van der Waals surface area contributed by atoms with Gasteiger partial charge < -0.3 is 14.8 Å². The Hall–Kier alpha value is -1.27. The van der Waals surface area contributed by atoms with E-state index in [1.165, 1.54) is 0 Å². The average Bonchev–Trinajstić information content (AvgIpc) is 2.88. The molecular weight excluding hydrogens is 372 g/mol. The van der Waals surface area contributed by atoms with Crippen molar-refractivity contribution in [2.24, 2.45) is 0 Å². The summed E-state index contributed by atoms with van der Waals surface area (Å²) in [5, 5.41) is 2.96. The lowest BCUT2D eigenvalue weighted by Gasteiger charge is -2.22. The maximum atomic E-state index is 11.9. The SMILES string of the molecule is CCOc1cccc(Br)c1CN1CCC(NC(=O)OC(C)(C)C)C1. The number of benzene rings is 1. The topological polar surface area (TPSA) is 50.8 Å². The number of nitrogens with one attached hydrogen (secondary N) is 1. The third kappa shape index (κ3) is 5.67. The highest BCUT2D eigenvalue weighted by molar-refractivity contribution is 9.10. The third-order valence-corrected chi connectivity index (χ3v) is 4.49. The van der Waals surface area contributed by atoms with Crippen LogP contribution in [-0.2, 0) is 11.3 Å². The molecule has 24 heavy (non-hydrogen) atoms. The highest BCUT2D eigenvalue weighted by atomic mass is 79.9. The lowest BCUT2D eigenvalue weighted by Crippen LogP contribution is -2.40. The molecule has 1 aromatic carbocycles. The first-order valence-corrected chi connectivity index (χ1v) is 9.20. The molecule has 1 amide bonds. The molecule has 0 bridgehead atoms. The van der Waals surface area contributed by atoms with E-state index in [4.69, 9.17) is 9.47 Å². The fourth-order valence-corrected chi connectivity index (χ4v) is 3.25. The van der Waals surface area contributed by atoms with Crippen LogP contribution in [0.15, 0.2) is 22.7 Å². The van der Waals surface area contributed by atoms with Gasteiger partial charge in [0.05, 0.1) is 6.61 Å². The van der Waals surface area contributed by atoms with Crippen molar-refractivity contribution in [3.05, 3.63) is 28.2 Å². The summed E-state index contributed by atoms with van der Waals surface area (Å²) < 4.78 is 12.1. The minimum Gasteiger partial charge on any atom is -0.494 e. The molecule has 1 N–H and O–H groups in total. The quantitative estimate of drug-likeness (QED) is 0.815. The van der Waals surface area contributed by atoms with Gasteiger partial charge in [-0.25, -0.2) is 4.79 Å². The van der Waals surface area contributed by atoms with Gasteiger partial charge in [-0.05, 0) is 46.2 Å². The van der Waals surface area contributed by atoms with Gasteiger partial charge in [-0.15, -0.1) is 0 Å². The Balaban J connectivity index is 1.92. The zero-order chi connectivity index (χ0) is 17.7. The number of hydrogen-bond acceptors (Lipinski definition) is 4. The predicted molar refractivity (Wildman–Crippen MR) is 98.4 cm³/mol. The van der Waals surface area contributed by atoms with Gasteiger partial charge in [-0.1, -0.05) is 22.0 Å². The van der Waals surface area contributed by atoms with Crippen molar-refractivity contribution in [1.29, 1.82) is 0 Å². The molecule has 0 saturated carbocycles. The van der Waals surface area contributed by atoms with Gasteiger partial charge in [0.1, 0.15) is 11.4 Å². The number of ether oxygens (including phenoxy) is 2. The molecule has 1 heterocycles. The molecule has 0 aromatic heterocycles. The van der Waals surface area contributed by atoms with Crippen molar-refractivity contribution in [3.8, 4) is 5.75 Å². The second kappa shape index (κ2) is 8.21. The van der Waals surface area contributed by atoms with Crippen LogP contribution in [0.2, 0.25) is 0 Å². The van der Waals surface area contributed by atoms with Crippen LogP contribution in [0.1, 0.15) is 39.7 Å². The van der Waals surface area contributed by atoms with Gasteiger partial charge >= 0.3 is 6.09 Å². The molecule has 1 fully saturated rings. The van der Waals surface area contributed by atoms with E-state index < -0.39 is 5.60 Å². The number of halogens is 1. The summed E-state index contributed by atoms with van der Waals surface area (Å²) in [6, 6.07) is 6.13. The molecule has 1 saturated heterocycles. The van der Waals surface area contributed by atoms with Crippen LogP contribution in [0.3, 0.4) is 0 Å². The molecule has 6 heteroatoms. The summed E-state index contributed by atoms with van der Waals surface area (Å²) in [4.78, 5) is 14.2. The third-order valence-electron chi connectivity index (χ3n) is 3.75. The molecule has 0 spiro atoms. The van der Waals surface area contributed by atoms with Gasteiger partial charge in [0.2, 0.25) is 0 Å². The number of hydrogen-bond donors (Lipinski definition) is 1. The minimum absolute atomic E-state index is 0.123. The second-order valence-electron chi connectivity index (χ2n) is 7.02. The Kier molecular flexibility index (Phi) is 6.52. The number of rotatable bonds is 5. The van der Waals surface area contributed by atoms with Crippen molar-refractivity contribution in [2.45, 2.75) is 52.3 Å². The predicted octanol–water partition coefficient (Wildman–Crippen LogP) is 3.95. The van der Waals surface area contributed by atoms with Crippen LogP contribution in [0.25, 0.3) is 0 Å².